The number of nitrogens with one attached hydrogen (secondary N) is 1. The molecule has 28 heavy (non-hydrogen) atoms. The first kappa shape index (κ1) is 21.4. The lowest BCUT2D eigenvalue weighted by Gasteiger charge is -2.10. The predicted molar refractivity (Wildman–Crippen MR) is 99.2 cm³/mol. The molecule has 150 valence electrons. The third kappa shape index (κ3) is 6.07. The number of anilines is 1. The number of halogens is 3. The highest BCUT2D eigenvalue weighted by Gasteiger charge is 2.31. The normalized spacial score (nSPS) is 11.3. The molecule has 1 heterocycles. The van der Waals surface area contributed by atoms with Gasteiger partial charge in [-0.3, -0.25) is 14.4 Å². The van der Waals surface area contributed by atoms with E-state index in [1.165, 1.54) is 12.1 Å². The number of ketones is 1. The van der Waals surface area contributed by atoms with Crippen LogP contribution in [0.15, 0.2) is 47.4 Å². The van der Waals surface area contributed by atoms with Crippen molar-refractivity contribution in [1.82, 2.24) is 4.57 Å². The van der Waals surface area contributed by atoms with Crippen LogP contribution >= 0.6 is 0 Å². The summed E-state index contributed by atoms with van der Waals surface area (Å²) in [6.45, 7) is 1.53. The Labute approximate surface area is 160 Å². The average Bonchev–Trinajstić information content (AvgIpc) is 2.63. The predicted octanol–water partition coefficient (Wildman–Crippen LogP) is 4.27. The SMILES string of the molecule is CCCCCC(=O)Nc1ccc(C(=O)Cn2cc(C(F)(F)F)ccc2=O)cc1. The monoisotopic (exact) mass is 394 g/mol. The van der Waals surface area contributed by atoms with E-state index in [0.29, 0.717) is 24.4 Å². The van der Waals surface area contributed by atoms with E-state index in [4.69, 9.17) is 0 Å². The fourth-order valence-corrected chi connectivity index (χ4v) is 2.57. The van der Waals surface area contributed by atoms with Crippen LogP contribution < -0.4 is 10.9 Å². The Bertz CT molecular complexity index is 887. The zero-order valence-electron chi connectivity index (χ0n) is 15.4. The molecule has 1 N–H and O–H groups in total. The number of aromatic nitrogens is 1. The number of rotatable bonds is 8. The van der Waals surface area contributed by atoms with Crippen LogP contribution in [0.3, 0.4) is 0 Å². The lowest BCUT2D eigenvalue weighted by molar-refractivity contribution is -0.138. The van der Waals surface area contributed by atoms with Gasteiger partial charge < -0.3 is 9.88 Å². The van der Waals surface area contributed by atoms with Gasteiger partial charge in [0.2, 0.25) is 5.91 Å². The molecule has 0 saturated heterocycles. The summed E-state index contributed by atoms with van der Waals surface area (Å²) in [7, 11) is 0. The maximum absolute atomic E-state index is 12.8. The quantitative estimate of drug-likeness (QED) is 0.537. The summed E-state index contributed by atoms with van der Waals surface area (Å²) in [6.07, 6.45) is -0.785. The van der Waals surface area contributed by atoms with Crippen LogP contribution in [0.5, 0.6) is 0 Å². The van der Waals surface area contributed by atoms with E-state index in [0.717, 1.165) is 29.9 Å². The molecular formula is C20H21F3N2O3. The number of nitrogens with zero attached hydrogens (tertiary/aromatic N) is 1. The molecule has 1 aromatic carbocycles. The van der Waals surface area contributed by atoms with E-state index in [2.05, 4.69) is 5.32 Å². The Hall–Kier alpha value is -2.90. The van der Waals surface area contributed by atoms with E-state index in [1.54, 1.807) is 12.1 Å². The van der Waals surface area contributed by atoms with Gasteiger partial charge in [0.1, 0.15) is 0 Å². The summed E-state index contributed by atoms with van der Waals surface area (Å²) in [5.41, 5.74) is -0.944. The first-order chi connectivity index (χ1) is 13.2. The Kier molecular flexibility index (Phi) is 7.14. The lowest BCUT2D eigenvalue weighted by atomic mass is 10.1. The highest BCUT2D eigenvalue weighted by Crippen LogP contribution is 2.28. The zero-order chi connectivity index (χ0) is 20.7. The van der Waals surface area contributed by atoms with Crippen molar-refractivity contribution in [3.63, 3.8) is 0 Å². The van der Waals surface area contributed by atoms with Crippen molar-refractivity contribution < 1.29 is 22.8 Å². The maximum Gasteiger partial charge on any atom is 0.417 e. The molecule has 0 aliphatic heterocycles. The van der Waals surface area contributed by atoms with Crippen molar-refractivity contribution in [2.24, 2.45) is 0 Å². The molecule has 0 radical (unpaired) electrons. The minimum Gasteiger partial charge on any atom is -0.326 e. The third-order valence-corrected chi connectivity index (χ3v) is 4.12. The van der Waals surface area contributed by atoms with Gasteiger partial charge in [-0.15, -0.1) is 0 Å². The summed E-state index contributed by atoms with van der Waals surface area (Å²) < 4.78 is 39.0. The van der Waals surface area contributed by atoms with Crippen LogP contribution in [0.2, 0.25) is 0 Å². The van der Waals surface area contributed by atoms with Gasteiger partial charge in [0.05, 0.1) is 12.1 Å². The van der Waals surface area contributed by atoms with Gasteiger partial charge in [0, 0.05) is 29.9 Å². The molecule has 0 atom stereocenters. The van der Waals surface area contributed by atoms with E-state index < -0.39 is 29.6 Å². The average molecular weight is 394 g/mol. The molecule has 2 rings (SSSR count). The minimum atomic E-state index is -4.60. The van der Waals surface area contributed by atoms with Crippen molar-refractivity contribution in [2.45, 2.75) is 45.3 Å². The van der Waals surface area contributed by atoms with Crippen molar-refractivity contribution >= 4 is 17.4 Å². The molecular weight excluding hydrogens is 373 g/mol. The molecule has 8 heteroatoms. The first-order valence-electron chi connectivity index (χ1n) is 8.91. The summed E-state index contributed by atoms with van der Waals surface area (Å²) in [4.78, 5) is 35.8. The number of alkyl halides is 3. The molecule has 0 aliphatic rings. The molecule has 5 nitrogen and oxygen atoms in total. The molecule has 1 amide bonds. The maximum atomic E-state index is 12.8. The second-order valence-corrected chi connectivity index (χ2v) is 6.39. The number of carbonyl (C=O) groups is 2. The van der Waals surface area contributed by atoms with Crippen molar-refractivity contribution in [3.05, 3.63) is 64.1 Å². The third-order valence-electron chi connectivity index (χ3n) is 4.12. The van der Waals surface area contributed by atoms with Gasteiger partial charge in [-0.1, -0.05) is 19.8 Å². The van der Waals surface area contributed by atoms with Gasteiger partial charge in [0.25, 0.3) is 5.56 Å². The number of hydrogen-bond donors (Lipinski definition) is 1. The van der Waals surface area contributed by atoms with E-state index >= 15 is 0 Å². The van der Waals surface area contributed by atoms with Gasteiger partial charge in [0.15, 0.2) is 5.78 Å². The van der Waals surface area contributed by atoms with Crippen LogP contribution in [0, 0.1) is 0 Å². The van der Waals surface area contributed by atoms with Crippen molar-refractivity contribution in [1.29, 1.82) is 0 Å². The van der Waals surface area contributed by atoms with E-state index in [-0.39, 0.29) is 11.5 Å². The standard InChI is InChI=1S/C20H21F3N2O3/c1-2-3-4-5-18(27)24-16-9-6-14(7-10-16)17(26)13-25-12-15(20(21,22)23)8-11-19(25)28/h6-12H,2-5,13H2,1H3,(H,24,27). The molecule has 2 aromatic rings. The topological polar surface area (TPSA) is 68.2 Å². The molecule has 0 aliphatic carbocycles. The minimum absolute atomic E-state index is 0.122. The molecule has 0 spiro atoms. The largest absolute Gasteiger partial charge is 0.417 e. The smallest absolute Gasteiger partial charge is 0.326 e. The number of amides is 1. The Morgan fingerprint density at radius 3 is 2.32 bits per heavy atom. The fourth-order valence-electron chi connectivity index (χ4n) is 2.57. The number of hydrogen-bond acceptors (Lipinski definition) is 3. The van der Waals surface area contributed by atoms with Crippen LogP contribution in [-0.2, 0) is 17.5 Å². The highest BCUT2D eigenvalue weighted by atomic mass is 19.4. The van der Waals surface area contributed by atoms with Gasteiger partial charge in [-0.05, 0) is 36.8 Å². The molecule has 0 saturated carbocycles. The highest BCUT2D eigenvalue weighted by molar-refractivity contribution is 5.97. The van der Waals surface area contributed by atoms with Gasteiger partial charge in [-0.2, -0.15) is 13.2 Å². The number of carbonyl (C=O) groups excluding carboxylic acids is 2. The molecule has 0 bridgehead atoms. The van der Waals surface area contributed by atoms with Crippen LogP contribution in [-0.4, -0.2) is 16.3 Å². The number of benzene rings is 1. The summed E-state index contributed by atoms with van der Waals surface area (Å²) in [6, 6.07) is 7.47. The second kappa shape index (κ2) is 9.34. The second-order valence-electron chi connectivity index (χ2n) is 6.39. The fraction of sp³-hybridized carbons (Fsp3) is 0.350. The van der Waals surface area contributed by atoms with Crippen LogP contribution in [0.25, 0.3) is 0 Å². The molecule has 0 fully saturated rings. The molecule has 0 unspecified atom stereocenters. The van der Waals surface area contributed by atoms with Gasteiger partial charge in [-0.25, -0.2) is 0 Å². The Morgan fingerprint density at radius 2 is 1.71 bits per heavy atom. The lowest BCUT2D eigenvalue weighted by Crippen LogP contribution is -2.25. The number of unbranched alkanes of at least 4 members (excludes halogenated alkanes) is 2. The number of pyridine rings is 1. The Balaban J connectivity index is 2.04. The zero-order valence-corrected chi connectivity index (χ0v) is 15.4. The Morgan fingerprint density at radius 1 is 1.04 bits per heavy atom. The summed E-state index contributed by atoms with van der Waals surface area (Å²) >= 11 is 0. The van der Waals surface area contributed by atoms with E-state index in [1.807, 2.05) is 6.92 Å². The van der Waals surface area contributed by atoms with Crippen molar-refractivity contribution in [2.75, 3.05) is 5.32 Å². The number of Topliss-reactive ketones (excluding diaryl/α,β-unsaturated/α-hetero) is 1. The van der Waals surface area contributed by atoms with Crippen molar-refractivity contribution in [3.8, 4) is 0 Å². The summed E-state index contributed by atoms with van der Waals surface area (Å²) in [5, 5.41) is 2.72. The van der Waals surface area contributed by atoms with E-state index in [9.17, 15) is 27.6 Å². The van der Waals surface area contributed by atoms with Gasteiger partial charge >= 0.3 is 6.18 Å². The van der Waals surface area contributed by atoms with Crippen LogP contribution in [0.1, 0.15) is 48.5 Å². The first-order valence-corrected chi connectivity index (χ1v) is 8.91. The molecule has 1 aromatic heterocycles. The van der Waals surface area contributed by atoms with Crippen LogP contribution in [0.4, 0.5) is 18.9 Å². The summed E-state index contributed by atoms with van der Waals surface area (Å²) in [5.74, 6) is -0.634.